The Hall–Kier alpha value is -1.50. The minimum atomic E-state index is 0.839. The van der Waals surface area contributed by atoms with Crippen molar-refractivity contribution in [1.29, 1.82) is 0 Å². The highest BCUT2D eigenvalue weighted by atomic mass is 14.6. The van der Waals surface area contributed by atoms with Crippen LogP contribution in [0.3, 0.4) is 0 Å². The lowest BCUT2D eigenvalue weighted by Crippen LogP contribution is -2.05. The molecular formula is C16H23N. The Bertz CT molecular complexity index is 416. The van der Waals surface area contributed by atoms with Crippen molar-refractivity contribution in [2.45, 2.75) is 40.5 Å². The average Bonchev–Trinajstić information content (AvgIpc) is 2.30. The van der Waals surface area contributed by atoms with Crippen molar-refractivity contribution in [2.75, 3.05) is 0 Å². The molecule has 1 aromatic carbocycles. The SMILES string of the molecule is C/C=C\C=C(/N)Cc1c(C)cc(CC)cc1C. The van der Waals surface area contributed by atoms with E-state index in [0.717, 1.165) is 18.5 Å². The second-order valence-corrected chi connectivity index (χ2v) is 4.51. The fourth-order valence-corrected chi connectivity index (χ4v) is 2.05. The Morgan fingerprint density at radius 1 is 1.24 bits per heavy atom. The number of hydrogen-bond acceptors (Lipinski definition) is 1. The fourth-order valence-electron chi connectivity index (χ4n) is 2.05. The summed E-state index contributed by atoms with van der Waals surface area (Å²) in [4.78, 5) is 0. The zero-order valence-electron chi connectivity index (χ0n) is 11.4. The molecule has 92 valence electrons. The molecule has 0 aliphatic carbocycles. The molecule has 0 amide bonds. The van der Waals surface area contributed by atoms with E-state index in [1.165, 1.54) is 22.3 Å². The van der Waals surface area contributed by atoms with Crippen LogP contribution in [0.15, 0.2) is 36.1 Å². The van der Waals surface area contributed by atoms with Gasteiger partial charge in [0, 0.05) is 12.1 Å². The molecule has 1 aromatic rings. The van der Waals surface area contributed by atoms with Crippen LogP contribution in [0.25, 0.3) is 0 Å². The Morgan fingerprint density at radius 2 is 1.82 bits per heavy atom. The number of nitrogens with two attached hydrogens (primary N) is 1. The van der Waals surface area contributed by atoms with Crippen LogP contribution in [0.1, 0.15) is 36.1 Å². The van der Waals surface area contributed by atoms with Gasteiger partial charge in [0.25, 0.3) is 0 Å². The molecular weight excluding hydrogens is 206 g/mol. The largest absolute Gasteiger partial charge is 0.402 e. The maximum Gasteiger partial charge on any atom is 0.0126 e. The van der Waals surface area contributed by atoms with Crippen LogP contribution >= 0.6 is 0 Å². The third-order valence-electron chi connectivity index (χ3n) is 3.05. The molecule has 0 heterocycles. The van der Waals surface area contributed by atoms with E-state index in [4.69, 9.17) is 5.73 Å². The predicted octanol–water partition coefficient (Wildman–Crippen LogP) is 3.83. The van der Waals surface area contributed by atoms with Crippen LogP contribution in [0.5, 0.6) is 0 Å². The zero-order chi connectivity index (χ0) is 12.8. The summed E-state index contributed by atoms with van der Waals surface area (Å²) >= 11 is 0. The standard InChI is InChI=1S/C16H23N/c1-5-7-8-15(17)11-16-12(3)9-14(6-2)10-13(16)4/h5,7-10H,6,11,17H2,1-4H3/b7-5-,15-8-. The van der Waals surface area contributed by atoms with Crippen LogP contribution in [0.2, 0.25) is 0 Å². The van der Waals surface area contributed by atoms with E-state index in [0.29, 0.717) is 0 Å². The summed E-state index contributed by atoms with van der Waals surface area (Å²) in [6, 6.07) is 4.54. The summed E-state index contributed by atoms with van der Waals surface area (Å²) in [6.45, 7) is 8.53. The van der Waals surface area contributed by atoms with Gasteiger partial charge in [0.05, 0.1) is 0 Å². The van der Waals surface area contributed by atoms with Crippen molar-refractivity contribution in [1.82, 2.24) is 0 Å². The van der Waals surface area contributed by atoms with Crippen molar-refractivity contribution in [3.63, 3.8) is 0 Å². The summed E-state index contributed by atoms with van der Waals surface area (Å²) in [5.41, 5.74) is 12.4. The topological polar surface area (TPSA) is 26.0 Å². The first-order valence-corrected chi connectivity index (χ1v) is 6.24. The Kier molecular flexibility index (Phi) is 5.02. The average molecular weight is 229 g/mol. The van der Waals surface area contributed by atoms with Gasteiger partial charge >= 0.3 is 0 Å². The molecule has 0 fully saturated rings. The molecule has 1 rings (SSSR count). The summed E-state index contributed by atoms with van der Waals surface area (Å²) in [7, 11) is 0. The highest BCUT2D eigenvalue weighted by Crippen LogP contribution is 2.19. The van der Waals surface area contributed by atoms with Crippen molar-refractivity contribution in [3.8, 4) is 0 Å². The van der Waals surface area contributed by atoms with E-state index in [1.54, 1.807) is 0 Å². The van der Waals surface area contributed by atoms with Gasteiger partial charge in [0.1, 0.15) is 0 Å². The first kappa shape index (κ1) is 13.6. The first-order chi connectivity index (χ1) is 8.08. The Balaban J connectivity index is 2.99. The van der Waals surface area contributed by atoms with E-state index < -0.39 is 0 Å². The zero-order valence-corrected chi connectivity index (χ0v) is 11.4. The van der Waals surface area contributed by atoms with Gasteiger partial charge in [-0.3, -0.25) is 0 Å². The van der Waals surface area contributed by atoms with Gasteiger partial charge in [-0.15, -0.1) is 0 Å². The molecule has 0 aliphatic heterocycles. The van der Waals surface area contributed by atoms with Gasteiger partial charge in [0.2, 0.25) is 0 Å². The maximum absolute atomic E-state index is 6.01. The molecule has 0 unspecified atom stereocenters. The lowest BCUT2D eigenvalue weighted by atomic mass is 9.95. The second-order valence-electron chi connectivity index (χ2n) is 4.51. The van der Waals surface area contributed by atoms with E-state index in [9.17, 15) is 0 Å². The summed E-state index contributed by atoms with van der Waals surface area (Å²) in [6.07, 6.45) is 7.89. The molecule has 0 saturated carbocycles. The van der Waals surface area contributed by atoms with Crippen LogP contribution in [-0.2, 0) is 12.8 Å². The highest BCUT2D eigenvalue weighted by molar-refractivity contribution is 5.40. The number of aryl methyl sites for hydroxylation is 3. The Labute approximate surface area is 105 Å². The third-order valence-corrected chi connectivity index (χ3v) is 3.05. The minimum Gasteiger partial charge on any atom is -0.402 e. The van der Waals surface area contributed by atoms with Crippen molar-refractivity contribution < 1.29 is 0 Å². The molecule has 0 aromatic heterocycles. The predicted molar refractivity (Wildman–Crippen MR) is 76.1 cm³/mol. The molecule has 2 N–H and O–H groups in total. The van der Waals surface area contributed by atoms with E-state index in [1.807, 2.05) is 25.2 Å². The highest BCUT2D eigenvalue weighted by Gasteiger charge is 2.05. The van der Waals surface area contributed by atoms with Crippen LogP contribution in [0.4, 0.5) is 0 Å². The number of hydrogen-bond donors (Lipinski definition) is 1. The van der Waals surface area contributed by atoms with Crippen LogP contribution in [0, 0.1) is 13.8 Å². The van der Waals surface area contributed by atoms with Crippen LogP contribution < -0.4 is 5.73 Å². The quantitative estimate of drug-likeness (QED) is 0.780. The van der Waals surface area contributed by atoms with Gasteiger partial charge in [-0.2, -0.15) is 0 Å². The molecule has 0 atom stereocenters. The van der Waals surface area contributed by atoms with Crippen LogP contribution in [-0.4, -0.2) is 0 Å². The Morgan fingerprint density at radius 3 is 2.29 bits per heavy atom. The van der Waals surface area contributed by atoms with E-state index >= 15 is 0 Å². The molecule has 1 nitrogen and oxygen atoms in total. The van der Waals surface area contributed by atoms with Gasteiger partial charge in [-0.25, -0.2) is 0 Å². The lowest BCUT2D eigenvalue weighted by Gasteiger charge is -2.12. The van der Waals surface area contributed by atoms with Crippen molar-refractivity contribution in [3.05, 3.63) is 58.3 Å². The first-order valence-electron chi connectivity index (χ1n) is 6.24. The maximum atomic E-state index is 6.01. The lowest BCUT2D eigenvalue weighted by molar-refractivity contribution is 1.04. The van der Waals surface area contributed by atoms with E-state index in [-0.39, 0.29) is 0 Å². The number of allylic oxidation sites excluding steroid dienone is 4. The third kappa shape index (κ3) is 3.77. The van der Waals surface area contributed by atoms with Crippen molar-refractivity contribution >= 4 is 0 Å². The molecule has 0 aliphatic rings. The van der Waals surface area contributed by atoms with Gasteiger partial charge in [-0.05, 0) is 55.5 Å². The smallest absolute Gasteiger partial charge is 0.0126 e. The normalized spacial score (nSPS) is 12.4. The fraction of sp³-hybridized carbons (Fsp3) is 0.375. The molecule has 17 heavy (non-hydrogen) atoms. The van der Waals surface area contributed by atoms with Gasteiger partial charge < -0.3 is 5.73 Å². The minimum absolute atomic E-state index is 0.839. The second kappa shape index (κ2) is 6.29. The molecule has 0 saturated heterocycles. The van der Waals surface area contributed by atoms with Gasteiger partial charge in [0.15, 0.2) is 0 Å². The summed E-state index contributed by atoms with van der Waals surface area (Å²) in [5, 5.41) is 0. The molecule has 0 bridgehead atoms. The molecule has 1 heteroatoms. The summed E-state index contributed by atoms with van der Waals surface area (Å²) in [5.74, 6) is 0. The number of benzene rings is 1. The number of rotatable bonds is 4. The van der Waals surface area contributed by atoms with Gasteiger partial charge in [-0.1, -0.05) is 31.2 Å². The molecule has 0 spiro atoms. The monoisotopic (exact) mass is 229 g/mol. The molecule has 0 radical (unpaired) electrons. The van der Waals surface area contributed by atoms with E-state index in [2.05, 4.69) is 32.9 Å². The van der Waals surface area contributed by atoms with Crippen molar-refractivity contribution in [2.24, 2.45) is 5.73 Å². The summed E-state index contributed by atoms with van der Waals surface area (Å²) < 4.78 is 0.